The fourth-order valence-corrected chi connectivity index (χ4v) is 1.99. The van der Waals surface area contributed by atoms with Gasteiger partial charge in [0.1, 0.15) is 6.04 Å². The second kappa shape index (κ2) is 3.94. The molecule has 2 aliphatic carbocycles. The molecule has 2 N–H and O–H groups in total. The molecule has 5 heteroatoms. The molecule has 15 heavy (non-hydrogen) atoms. The van der Waals surface area contributed by atoms with Crippen molar-refractivity contribution in [1.29, 1.82) is 0 Å². The molecule has 0 heterocycles. The molecule has 0 bridgehead atoms. The SMILES string of the molecule is NCC(N(CC1CC1)C1CC1)C(F)(F)F. The summed E-state index contributed by atoms with van der Waals surface area (Å²) in [4.78, 5) is 1.59. The first-order chi connectivity index (χ1) is 7.02. The van der Waals surface area contributed by atoms with E-state index in [-0.39, 0.29) is 12.6 Å². The van der Waals surface area contributed by atoms with Gasteiger partial charge in [-0.05, 0) is 31.6 Å². The summed E-state index contributed by atoms with van der Waals surface area (Å²) in [5, 5.41) is 0. The van der Waals surface area contributed by atoms with Crippen LogP contribution in [0.2, 0.25) is 0 Å². The summed E-state index contributed by atoms with van der Waals surface area (Å²) in [6.07, 6.45) is -0.207. The standard InChI is InChI=1S/C10H17F3N2/c11-10(12,13)9(5-14)15(8-3-4-8)6-7-1-2-7/h7-9H,1-6,14H2. The Hall–Kier alpha value is -0.290. The molecule has 0 saturated heterocycles. The lowest BCUT2D eigenvalue weighted by Gasteiger charge is -2.32. The average molecular weight is 222 g/mol. The van der Waals surface area contributed by atoms with E-state index in [1.54, 1.807) is 4.90 Å². The van der Waals surface area contributed by atoms with Crippen LogP contribution in [-0.2, 0) is 0 Å². The zero-order valence-corrected chi connectivity index (χ0v) is 8.63. The molecule has 2 rings (SSSR count). The zero-order chi connectivity index (χ0) is 11.1. The number of hydrogen-bond donors (Lipinski definition) is 1. The van der Waals surface area contributed by atoms with Crippen molar-refractivity contribution in [1.82, 2.24) is 4.90 Å². The van der Waals surface area contributed by atoms with Gasteiger partial charge in [0.15, 0.2) is 0 Å². The fraction of sp³-hybridized carbons (Fsp3) is 1.00. The highest BCUT2D eigenvalue weighted by molar-refractivity contribution is 4.94. The van der Waals surface area contributed by atoms with Gasteiger partial charge in [-0.15, -0.1) is 0 Å². The molecule has 0 aromatic heterocycles. The van der Waals surface area contributed by atoms with Crippen molar-refractivity contribution in [3.63, 3.8) is 0 Å². The van der Waals surface area contributed by atoms with E-state index in [0.29, 0.717) is 12.5 Å². The van der Waals surface area contributed by atoms with Gasteiger partial charge >= 0.3 is 6.18 Å². The Balaban J connectivity index is 1.99. The Labute approximate surface area is 87.6 Å². The van der Waals surface area contributed by atoms with Crippen LogP contribution in [0, 0.1) is 5.92 Å². The van der Waals surface area contributed by atoms with Crippen LogP contribution in [-0.4, -0.2) is 36.2 Å². The molecule has 1 unspecified atom stereocenters. The van der Waals surface area contributed by atoms with Crippen LogP contribution in [0.25, 0.3) is 0 Å². The largest absolute Gasteiger partial charge is 0.405 e. The van der Waals surface area contributed by atoms with Crippen LogP contribution >= 0.6 is 0 Å². The highest BCUT2D eigenvalue weighted by atomic mass is 19.4. The smallest absolute Gasteiger partial charge is 0.329 e. The predicted octanol–water partition coefficient (Wildman–Crippen LogP) is 1.75. The molecule has 0 aromatic rings. The Morgan fingerprint density at radius 2 is 1.80 bits per heavy atom. The molecule has 88 valence electrons. The van der Waals surface area contributed by atoms with E-state index in [9.17, 15) is 13.2 Å². The monoisotopic (exact) mass is 222 g/mol. The number of nitrogens with zero attached hydrogens (tertiary/aromatic N) is 1. The van der Waals surface area contributed by atoms with Gasteiger partial charge in [0, 0.05) is 19.1 Å². The van der Waals surface area contributed by atoms with Gasteiger partial charge in [-0.25, -0.2) is 0 Å². The highest BCUT2D eigenvalue weighted by Gasteiger charge is 2.48. The van der Waals surface area contributed by atoms with Crippen LogP contribution in [0.5, 0.6) is 0 Å². The average Bonchev–Trinajstić information content (AvgIpc) is 2.98. The van der Waals surface area contributed by atoms with Crippen molar-refractivity contribution in [3.05, 3.63) is 0 Å². The van der Waals surface area contributed by atoms with Crippen LogP contribution in [0.3, 0.4) is 0 Å². The molecular formula is C10H17F3N2. The second-order valence-electron chi connectivity index (χ2n) is 4.66. The van der Waals surface area contributed by atoms with Crippen molar-refractivity contribution in [2.45, 2.75) is 43.9 Å². The molecule has 0 spiro atoms. The summed E-state index contributed by atoms with van der Waals surface area (Å²) in [6, 6.07) is -1.29. The maximum Gasteiger partial charge on any atom is 0.405 e. The van der Waals surface area contributed by atoms with Crippen LogP contribution in [0.15, 0.2) is 0 Å². The quantitative estimate of drug-likeness (QED) is 0.768. The lowest BCUT2D eigenvalue weighted by atomic mass is 10.2. The van der Waals surface area contributed by atoms with Gasteiger partial charge in [0.05, 0.1) is 0 Å². The van der Waals surface area contributed by atoms with Crippen LogP contribution < -0.4 is 5.73 Å². The lowest BCUT2D eigenvalue weighted by Crippen LogP contribution is -2.52. The van der Waals surface area contributed by atoms with Gasteiger partial charge in [-0.2, -0.15) is 13.2 Å². The molecule has 1 atom stereocenters. The van der Waals surface area contributed by atoms with E-state index in [1.807, 2.05) is 0 Å². The van der Waals surface area contributed by atoms with Crippen molar-refractivity contribution >= 4 is 0 Å². The summed E-state index contributed by atoms with van der Waals surface area (Å²) in [5.41, 5.74) is 5.26. The number of halogens is 3. The third-order valence-electron chi connectivity index (χ3n) is 3.18. The van der Waals surface area contributed by atoms with Crippen molar-refractivity contribution in [2.24, 2.45) is 11.7 Å². The minimum absolute atomic E-state index is 0.140. The molecule has 2 nitrogen and oxygen atoms in total. The molecule has 2 aliphatic rings. The van der Waals surface area contributed by atoms with E-state index in [2.05, 4.69) is 0 Å². The van der Waals surface area contributed by atoms with Crippen LogP contribution in [0.4, 0.5) is 13.2 Å². The topological polar surface area (TPSA) is 29.3 Å². The Morgan fingerprint density at radius 3 is 2.13 bits per heavy atom. The van der Waals surface area contributed by atoms with E-state index in [1.165, 1.54) is 0 Å². The summed E-state index contributed by atoms with van der Waals surface area (Å²) >= 11 is 0. The Bertz CT molecular complexity index is 221. The molecule has 0 radical (unpaired) electrons. The summed E-state index contributed by atoms with van der Waals surface area (Å²) in [5.74, 6) is 0.488. The van der Waals surface area contributed by atoms with Gasteiger partial charge in [-0.1, -0.05) is 0 Å². The predicted molar refractivity (Wildman–Crippen MR) is 51.3 cm³/mol. The van der Waals surface area contributed by atoms with E-state index < -0.39 is 12.2 Å². The first-order valence-corrected chi connectivity index (χ1v) is 5.55. The van der Waals surface area contributed by atoms with E-state index in [0.717, 1.165) is 25.7 Å². The first kappa shape index (κ1) is 11.2. The second-order valence-corrected chi connectivity index (χ2v) is 4.66. The lowest BCUT2D eigenvalue weighted by molar-refractivity contribution is -0.183. The van der Waals surface area contributed by atoms with Gasteiger partial charge < -0.3 is 5.73 Å². The van der Waals surface area contributed by atoms with E-state index >= 15 is 0 Å². The maximum atomic E-state index is 12.7. The molecule has 2 saturated carbocycles. The fourth-order valence-electron chi connectivity index (χ4n) is 1.99. The maximum absolute atomic E-state index is 12.7. The third-order valence-corrected chi connectivity index (χ3v) is 3.18. The van der Waals surface area contributed by atoms with Gasteiger partial charge in [0.25, 0.3) is 0 Å². The Morgan fingerprint density at radius 1 is 1.20 bits per heavy atom. The zero-order valence-electron chi connectivity index (χ0n) is 8.63. The van der Waals surface area contributed by atoms with Crippen LogP contribution in [0.1, 0.15) is 25.7 Å². The number of alkyl halides is 3. The molecule has 2 fully saturated rings. The van der Waals surface area contributed by atoms with Gasteiger partial charge in [-0.3, -0.25) is 4.90 Å². The minimum atomic E-state index is -4.17. The van der Waals surface area contributed by atoms with E-state index in [4.69, 9.17) is 5.73 Å². The van der Waals surface area contributed by atoms with Crippen molar-refractivity contribution < 1.29 is 13.2 Å². The summed E-state index contributed by atoms with van der Waals surface area (Å²) < 4.78 is 38.1. The van der Waals surface area contributed by atoms with Crippen molar-refractivity contribution in [2.75, 3.05) is 13.1 Å². The molecule has 0 amide bonds. The minimum Gasteiger partial charge on any atom is -0.329 e. The summed E-state index contributed by atoms with van der Waals surface area (Å²) in [7, 11) is 0. The summed E-state index contributed by atoms with van der Waals surface area (Å²) in [6.45, 7) is 0.277. The molecular weight excluding hydrogens is 205 g/mol. The van der Waals surface area contributed by atoms with Crippen molar-refractivity contribution in [3.8, 4) is 0 Å². The Kier molecular flexibility index (Phi) is 2.94. The molecule has 0 aromatic carbocycles. The first-order valence-electron chi connectivity index (χ1n) is 5.55. The van der Waals surface area contributed by atoms with Gasteiger partial charge in [0.2, 0.25) is 0 Å². The normalized spacial score (nSPS) is 24.6. The number of nitrogens with two attached hydrogens (primary N) is 1. The number of hydrogen-bond acceptors (Lipinski definition) is 2. The third kappa shape index (κ3) is 2.84. The molecule has 0 aliphatic heterocycles. The highest BCUT2D eigenvalue weighted by Crippen LogP contribution is 2.38. The number of rotatable bonds is 5.